The minimum Gasteiger partial charge on any atom is -0.444 e. The summed E-state index contributed by atoms with van der Waals surface area (Å²) in [7, 11) is 0. The van der Waals surface area contributed by atoms with E-state index in [2.05, 4.69) is 5.32 Å². The number of amides is 1. The highest BCUT2D eigenvalue weighted by atomic mass is 16.6. The number of rotatable bonds is 5. The molecule has 0 spiro atoms. The third kappa shape index (κ3) is 4.35. The van der Waals surface area contributed by atoms with Crippen LogP contribution in [0.5, 0.6) is 0 Å². The molecule has 1 atom stereocenters. The normalized spacial score (nSPS) is 26.4. The van der Waals surface area contributed by atoms with Gasteiger partial charge in [-0.3, -0.25) is 4.90 Å². The summed E-state index contributed by atoms with van der Waals surface area (Å²) < 4.78 is 11.1. The van der Waals surface area contributed by atoms with Crippen molar-refractivity contribution >= 4 is 6.09 Å². The molecule has 126 valence electrons. The molecule has 1 N–H and O–H groups in total. The minimum absolute atomic E-state index is 0.0867. The molecule has 1 unspecified atom stereocenters. The van der Waals surface area contributed by atoms with E-state index in [4.69, 9.17) is 9.47 Å². The molecular formula is C17H30N2O3. The molecule has 5 nitrogen and oxygen atoms in total. The molecule has 0 aromatic carbocycles. The van der Waals surface area contributed by atoms with Crippen LogP contribution >= 0.6 is 0 Å². The average Bonchev–Trinajstić information content (AvgIpc) is 3.31. The van der Waals surface area contributed by atoms with E-state index in [9.17, 15) is 4.79 Å². The lowest BCUT2D eigenvalue weighted by molar-refractivity contribution is -0.0324. The lowest BCUT2D eigenvalue weighted by atomic mass is 10.1. The Kier molecular flexibility index (Phi) is 4.64. The average molecular weight is 310 g/mol. The summed E-state index contributed by atoms with van der Waals surface area (Å²) >= 11 is 0. The molecule has 0 bridgehead atoms. The second-order valence-electron chi connectivity index (χ2n) is 8.01. The van der Waals surface area contributed by atoms with Gasteiger partial charge in [0.05, 0.1) is 19.3 Å². The number of morpholine rings is 1. The fraction of sp³-hybridized carbons (Fsp3) is 0.941. The van der Waals surface area contributed by atoms with Gasteiger partial charge in [0, 0.05) is 19.1 Å². The molecule has 1 heterocycles. The zero-order valence-corrected chi connectivity index (χ0v) is 14.1. The maximum absolute atomic E-state index is 12.4. The van der Waals surface area contributed by atoms with Gasteiger partial charge in [-0.25, -0.2) is 4.79 Å². The molecule has 22 heavy (non-hydrogen) atoms. The summed E-state index contributed by atoms with van der Waals surface area (Å²) in [6.45, 7) is 8.38. The summed E-state index contributed by atoms with van der Waals surface area (Å²) in [4.78, 5) is 14.2. The van der Waals surface area contributed by atoms with Crippen molar-refractivity contribution in [3.63, 3.8) is 0 Å². The zero-order chi connectivity index (χ0) is 15.7. The van der Waals surface area contributed by atoms with Crippen molar-refractivity contribution in [1.29, 1.82) is 0 Å². The topological polar surface area (TPSA) is 50.8 Å². The molecule has 1 aliphatic heterocycles. The summed E-state index contributed by atoms with van der Waals surface area (Å²) in [6, 6.07) is 0.742. The fourth-order valence-corrected chi connectivity index (χ4v) is 3.29. The van der Waals surface area contributed by atoms with E-state index in [1.54, 1.807) is 0 Å². The van der Waals surface area contributed by atoms with Crippen molar-refractivity contribution in [2.24, 2.45) is 11.8 Å². The first-order valence-corrected chi connectivity index (χ1v) is 8.75. The van der Waals surface area contributed by atoms with Crippen LogP contribution in [0.1, 0.15) is 46.5 Å². The van der Waals surface area contributed by atoms with Gasteiger partial charge in [-0.2, -0.15) is 0 Å². The van der Waals surface area contributed by atoms with Crippen LogP contribution in [0.25, 0.3) is 0 Å². The Bertz CT molecular complexity index is 387. The maximum Gasteiger partial charge on any atom is 0.410 e. The Balaban J connectivity index is 1.53. The monoisotopic (exact) mass is 310 g/mol. The van der Waals surface area contributed by atoms with Crippen molar-refractivity contribution < 1.29 is 14.3 Å². The SMILES string of the molecule is CC(C)(C)OC(=O)N1CCOCC1CNC(C1CC1)C1CC1. The standard InChI is InChI=1S/C17H30N2O3/c1-17(2,3)22-16(20)19-8-9-21-11-14(19)10-18-15(12-4-5-12)13-6-7-13/h12-15,18H,4-11H2,1-3H3. The molecule has 3 rings (SSSR count). The second kappa shape index (κ2) is 6.36. The van der Waals surface area contributed by atoms with E-state index in [-0.39, 0.29) is 12.1 Å². The first kappa shape index (κ1) is 16.1. The van der Waals surface area contributed by atoms with Crippen LogP contribution in [-0.4, -0.2) is 55.0 Å². The van der Waals surface area contributed by atoms with Crippen molar-refractivity contribution in [3.8, 4) is 0 Å². The van der Waals surface area contributed by atoms with Crippen LogP contribution in [0.3, 0.4) is 0 Å². The van der Waals surface area contributed by atoms with Crippen LogP contribution in [0.4, 0.5) is 4.79 Å². The predicted octanol–water partition coefficient (Wildman–Crippen LogP) is 2.40. The lowest BCUT2D eigenvalue weighted by Gasteiger charge is -2.37. The van der Waals surface area contributed by atoms with Gasteiger partial charge < -0.3 is 14.8 Å². The molecular weight excluding hydrogens is 280 g/mol. The number of carbonyl (C=O) groups is 1. The summed E-state index contributed by atoms with van der Waals surface area (Å²) in [5.41, 5.74) is -0.447. The fourth-order valence-electron chi connectivity index (χ4n) is 3.29. The Morgan fingerprint density at radius 1 is 1.27 bits per heavy atom. The van der Waals surface area contributed by atoms with Crippen LogP contribution in [0.15, 0.2) is 0 Å². The Morgan fingerprint density at radius 3 is 2.45 bits per heavy atom. The third-order valence-corrected chi connectivity index (χ3v) is 4.70. The molecule has 1 saturated heterocycles. The van der Waals surface area contributed by atoms with Crippen LogP contribution in [0, 0.1) is 11.8 Å². The van der Waals surface area contributed by atoms with Crippen molar-refractivity contribution in [1.82, 2.24) is 10.2 Å². The smallest absolute Gasteiger partial charge is 0.410 e. The van der Waals surface area contributed by atoms with Crippen LogP contribution in [-0.2, 0) is 9.47 Å². The van der Waals surface area contributed by atoms with E-state index >= 15 is 0 Å². The summed E-state index contributed by atoms with van der Waals surface area (Å²) in [6.07, 6.45) is 5.25. The molecule has 2 aliphatic carbocycles. The van der Waals surface area contributed by atoms with Crippen molar-refractivity contribution in [2.45, 2.75) is 64.1 Å². The van der Waals surface area contributed by atoms with Gasteiger partial charge in [0.1, 0.15) is 5.60 Å². The molecule has 5 heteroatoms. The number of hydrogen-bond acceptors (Lipinski definition) is 4. The largest absolute Gasteiger partial charge is 0.444 e. The van der Waals surface area contributed by atoms with E-state index in [1.165, 1.54) is 25.7 Å². The Morgan fingerprint density at radius 2 is 1.91 bits per heavy atom. The Hall–Kier alpha value is -0.810. The second-order valence-corrected chi connectivity index (χ2v) is 8.01. The highest BCUT2D eigenvalue weighted by molar-refractivity contribution is 5.68. The molecule has 2 saturated carbocycles. The first-order chi connectivity index (χ1) is 10.4. The summed E-state index contributed by atoms with van der Waals surface area (Å²) in [5, 5.41) is 3.73. The number of ether oxygens (including phenoxy) is 2. The van der Waals surface area contributed by atoms with Gasteiger partial charge in [0.25, 0.3) is 0 Å². The van der Waals surface area contributed by atoms with Gasteiger partial charge in [-0.05, 0) is 58.3 Å². The van der Waals surface area contributed by atoms with Crippen molar-refractivity contribution in [2.75, 3.05) is 26.3 Å². The third-order valence-electron chi connectivity index (χ3n) is 4.70. The molecule has 0 aromatic heterocycles. The highest BCUT2D eigenvalue weighted by Gasteiger charge is 2.42. The number of nitrogens with zero attached hydrogens (tertiary/aromatic N) is 1. The molecule has 3 aliphatic rings. The number of carbonyl (C=O) groups excluding carboxylic acids is 1. The van der Waals surface area contributed by atoms with E-state index in [0.717, 1.165) is 18.4 Å². The first-order valence-electron chi connectivity index (χ1n) is 8.75. The predicted molar refractivity (Wildman–Crippen MR) is 84.8 cm³/mol. The quantitative estimate of drug-likeness (QED) is 0.847. The zero-order valence-electron chi connectivity index (χ0n) is 14.1. The lowest BCUT2D eigenvalue weighted by Crippen LogP contribution is -2.55. The van der Waals surface area contributed by atoms with Gasteiger partial charge in [0.2, 0.25) is 0 Å². The molecule has 0 radical (unpaired) electrons. The number of hydrogen-bond donors (Lipinski definition) is 1. The van der Waals surface area contributed by atoms with Crippen LogP contribution < -0.4 is 5.32 Å². The van der Waals surface area contributed by atoms with Crippen molar-refractivity contribution in [3.05, 3.63) is 0 Å². The summed E-state index contributed by atoms with van der Waals surface area (Å²) in [5.74, 6) is 1.74. The van der Waals surface area contributed by atoms with Gasteiger partial charge >= 0.3 is 6.09 Å². The number of nitrogens with one attached hydrogen (secondary N) is 1. The molecule has 3 fully saturated rings. The highest BCUT2D eigenvalue weighted by Crippen LogP contribution is 2.44. The maximum atomic E-state index is 12.4. The Labute approximate surface area is 133 Å². The van der Waals surface area contributed by atoms with Crippen LogP contribution in [0.2, 0.25) is 0 Å². The minimum atomic E-state index is -0.447. The van der Waals surface area contributed by atoms with E-state index in [0.29, 0.717) is 25.8 Å². The van der Waals surface area contributed by atoms with E-state index < -0.39 is 5.60 Å². The van der Waals surface area contributed by atoms with Gasteiger partial charge in [0.15, 0.2) is 0 Å². The molecule has 1 amide bonds. The van der Waals surface area contributed by atoms with Gasteiger partial charge in [-0.1, -0.05) is 0 Å². The van der Waals surface area contributed by atoms with E-state index in [1.807, 2.05) is 25.7 Å². The van der Waals surface area contributed by atoms with Gasteiger partial charge in [-0.15, -0.1) is 0 Å². The molecule has 0 aromatic rings.